The summed E-state index contributed by atoms with van der Waals surface area (Å²) in [6.07, 6.45) is 7.04. The van der Waals surface area contributed by atoms with Crippen molar-refractivity contribution in [2.24, 2.45) is 0 Å². The SMILES string of the molecule is CC12c3cccc4c(-n5c6ccccc6c6ccccc65)ccc(c34)C1(c1cccc3c1C1C=CC=C1N3c1ccccc1)c1cccc3c1c1c2cccc1n3-c1ccccc1. The summed E-state index contributed by atoms with van der Waals surface area (Å²) in [5.41, 5.74) is 18.3. The van der Waals surface area contributed by atoms with Gasteiger partial charge < -0.3 is 14.0 Å². The Kier molecular flexibility index (Phi) is 6.29. The van der Waals surface area contributed by atoms with E-state index in [9.17, 15) is 0 Å². The summed E-state index contributed by atoms with van der Waals surface area (Å²) >= 11 is 0. The maximum Gasteiger partial charge on any atom is 0.0602 e. The van der Waals surface area contributed by atoms with Crippen LogP contribution in [0.15, 0.2) is 218 Å². The lowest BCUT2D eigenvalue weighted by Gasteiger charge is -2.50. The van der Waals surface area contributed by atoms with Crippen LogP contribution >= 0.6 is 0 Å². The van der Waals surface area contributed by atoms with Crippen LogP contribution in [0.2, 0.25) is 0 Å². The van der Waals surface area contributed by atoms with Crippen LogP contribution in [0.3, 0.4) is 0 Å². The molecule has 0 amide bonds. The van der Waals surface area contributed by atoms with E-state index in [2.05, 4.69) is 233 Å². The molecule has 3 aliphatic carbocycles. The molecule has 9 aromatic carbocycles. The Hall–Kier alpha value is -7.88. The lowest BCUT2D eigenvalue weighted by molar-refractivity contribution is 0.410. The monoisotopic (exact) mass is 801 g/mol. The fourth-order valence-electron chi connectivity index (χ4n) is 13.3. The second kappa shape index (κ2) is 11.7. The molecule has 0 bridgehead atoms. The van der Waals surface area contributed by atoms with E-state index in [4.69, 9.17) is 0 Å². The van der Waals surface area contributed by atoms with E-state index in [0.717, 1.165) is 0 Å². The molecule has 4 aliphatic rings. The highest BCUT2D eigenvalue weighted by Crippen LogP contribution is 2.70. The number of para-hydroxylation sites is 4. The lowest BCUT2D eigenvalue weighted by atomic mass is 9.50. The van der Waals surface area contributed by atoms with Crippen LogP contribution in [-0.4, -0.2) is 9.13 Å². The van der Waals surface area contributed by atoms with Crippen molar-refractivity contribution in [1.29, 1.82) is 0 Å². The molecule has 3 unspecified atom stereocenters. The minimum absolute atomic E-state index is 0.122. The topological polar surface area (TPSA) is 13.1 Å². The highest BCUT2D eigenvalue weighted by molar-refractivity contribution is 6.18. The van der Waals surface area contributed by atoms with Gasteiger partial charge in [-0.05, 0) is 112 Å². The van der Waals surface area contributed by atoms with E-state index in [-0.39, 0.29) is 5.92 Å². The number of anilines is 2. The number of hydrogen-bond acceptors (Lipinski definition) is 1. The van der Waals surface area contributed by atoms with Crippen LogP contribution < -0.4 is 4.90 Å². The van der Waals surface area contributed by atoms with Crippen molar-refractivity contribution >= 4 is 65.8 Å². The smallest absolute Gasteiger partial charge is 0.0602 e. The number of benzene rings is 9. The van der Waals surface area contributed by atoms with Crippen molar-refractivity contribution < 1.29 is 0 Å². The molecule has 63 heavy (non-hydrogen) atoms. The largest absolute Gasteiger partial charge is 0.313 e. The van der Waals surface area contributed by atoms with Gasteiger partial charge in [0.15, 0.2) is 0 Å². The van der Waals surface area contributed by atoms with Gasteiger partial charge in [-0.15, -0.1) is 0 Å². The molecule has 3 atom stereocenters. The van der Waals surface area contributed by atoms with Crippen molar-refractivity contribution in [3.8, 4) is 11.4 Å². The van der Waals surface area contributed by atoms with Crippen LogP contribution in [0, 0.1) is 0 Å². The summed E-state index contributed by atoms with van der Waals surface area (Å²) in [5.74, 6) is 0.122. The van der Waals surface area contributed by atoms with E-state index < -0.39 is 10.8 Å². The van der Waals surface area contributed by atoms with Crippen LogP contribution in [0.4, 0.5) is 11.4 Å². The first-order valence-corrected chi connectivity index (χ1v) is 22.2. The fourth-order valence-corrected chi connectivity index (χ4v) is 13.3. The third-order valence-electron chi connectivity index (χ3n) is 15.5. The number of aromatic nitrogens is 2. The Labute approximate surface area is 364 Å². The zero-order valence-corrected chi connectivity index (χ0v) is 34.6. The molecule has 0 saturated carbocycles. The standard InChI is InChI=1S/C60H39N3/c1-59-43-25-12-23-41-51(63-48-29-10-8-21-39(48)40-22-9-11-30-49(40)63)36-35-47(55(41)43)60(59,45-27-15-32-52-56(45)42-24-13-31-50(42)61(52)37-17-4-2-5-18-37)46-28-16-34-54-58(46)57-44(59)26-14-33-53(57)62(54)38-19-6-3-7-20-38/h2-36,42H,1H3. The summed E-state index contributed by atoms with van der Waals surface area (Å²) in [7, 11) is 0. The maximum absolute atomic E-state index is 2.59. The predicted octanol–water partition coefficient (Wildman–Crippen LogP) is 14.7. The number of rotatable bonds is 4. The molecule has 3 heteroatoms. The Morgan fingerprint density at radius 3 is 1.67 bits per heavy atom. The summed E-state index contributed by atoms with van der Waals surface area (Å²) < 4.78 is 5.03. The molecular weight excluding hydrogens is 763 g/mol. The van der Waals surface area contributed by atoms with Gasteiger partial charge in [-0.25, -0.2) is 0 Å². The number of hydrogen-bond donors (Lipinski definition) is 0. The van der Waals surface area contributed by atoms with E-state index in [0.29, 0.717) is 0 Å². The Balaban J connectivity index is 1.13. The van der Waals surface area contributed by atoms with E-state index in [1.165, 1.54) is 116 Å². The van der Waals surface area contributed by atoms with Crippen LogP contribution in [0.1, 0.15) is 46.2 Å². The maximum atomic E-state index is 2.59. The van der Waals surface area contributed by atoms with Gasteiger partial charge in [-0.2, -0.15) is 0 Å². The number of fused-ring (bicyclic) bond motifs is 11. The molecule has 0 N–H and O–H groups in total. The third-order valence-corrected chi connectivity index (χ3v) is 15.5. The Morgan fingerprint density at radius 2 is 0.937 bits per heavy atom. The molecule has 0 radical (unpaired) electrons. The summed E-state index contributed by atoms with van der Waals surface area (Å²) in [5, 5.41) is 7.91. The summed E-state index contributed by atoms with van der Waals surface area (Å²) in [6.45, 7) is 2.59. The average Bonchev–Trinajstić information content (AvgIpc) is 4.14. The molecule has 0 saturated heterocycles. The minimum atomic E-state index is -0.600. The van der Waals surface area contributed by atoms with Crippen molar-refractivity contribution in [3.05, 3.63) is 251 Å². The van der Waals surface area contributed by atoms with Gasteiger partial charge in [0.1, 0.15) is 0 Å². The molecule has 3 heterocycles. The molecule has 1 aliphatic heterocycles. The first-order chi connectivity index (χ1) is 31.2. The first kappa shape index (κ1) is 33.8. The highest BCUT2D eigenvalue weighted by atomic mass is 15.2. The van der Waals surface area contributed by atoms with Gasteiger partial charge in [0.2, 0.25) is 0 Å². The molecule has 0 fully saturated rings. The van der Waals surface area contributed by atoms with E-state index in [1.54, 1.807) is 0 Å². The summed E-state index contributed by atoms with van der Waals surface area (Å²) in [4.78, 5) is 2.52. The van der Waals surface area contributed by atoms with E-state index in [1.807, 2.05) is 0 Å². The van der Waals surface area contributed by atoms with Gasteiger partial charge in [-0.1, -0.05) is 146 Å². The van der Waals surface area contributed by atoms with Crippen molar-refractivity contribution in [2.45, 2.75) is 23.7 Å². The molecule has 3 nitrogen and oxygen atoms in total. The second-order valence-electron chi connectivity index (χ2n) is 18.0. The molecular formula is C60H39N3. The average molecular weight is 802 g/mol. The zero-order valence-electron chi connectivity index (χ0n) is 34.6. The van der Waals surface area contributed by atoms with Gasteiger partial charge in [-0.3, -0.25) is 0 Å². The zero-order chi connectivity index (χ0) is 41.2. The minimum Gasteiger partial charge on any atom is -0.313 e. The Morgan fingerprint density at radius 1 is 0.397 bits per heavy atom. The third kappa shape index (κ3) is 3.82. The molecule has 294 valence electrons. The highest BCUT2D eigenvalue weighted by Gasteiger charge is 2.63. The molecule has 11 aromatic rings. The first-order valence-electron chi connectivity index (χ1n) is 22.2. The van der Waals surface area contributed by atoms with Gasteiger partial charge in [0, 0.05) is 55.3 Å². The van der Waals surface area contributed by atoms with Crippen LogP contribution in [-0.2, 0) is 10.8 Å². The normalized spacial score (nSPS) is 20.1. The van der Waals surface area contributed by atoms with Gasteiger partial charge >= 0.3 is 0 Å². The second-order valence-corrected chi connectivity index (χ2v) is 18.0. The van der Waals surface area contributed by atoms with Gasteiger partial charge in [0.05, 0.1) is 38.9 Å². The quantitative estimate of drug-likeness (QED) is 0.173. The molecule has 2 aromatic heterocycles. The fraction of sp³-hybridized carbons (Fsp3) is 0.0667. The number of nitrogens with zero attached hydrogens (tertiary/aromatic N) is 3. The lowest BCUT2D eigenvalue weighted by Crippen LogP contribution is -2.49. The predicted molar refractivity (Wildman–Crippen MR) is 260 cm³/mol. The number of allylic oxidation sites excluding steroid dienone is 3. The Bertz CT molecular complexity index is 3830. The van der Waals surface area contributed by atoms with Crippen LogP contribution in [0.5, 0.6) is 0 Å². The van der Waals surface area contributed by atoms with Crippen molar-refractivity contribution in [3.63, 3.8) is 0 Å². The van der Waals surface area contributed by atoms with Crippen molar-refractivity contribution in [2.75, 3.05) is 4.90 Å². The van der Waals surface area contributed by atoms with Crippen LogP contribution in [0.25, 0.3) is 65.8 Å². The summed E-state index contributed by atoms with van der Waals surface area (Å²) in [6, 6.07) is 73.3. The van der Waals surface area contributed by atoms with Crippen molar-refractivity contribution in [1.82, 2.24) is 9.13 Å². The molecule has 0 spiro atoms. The van der Waals surface area contributed by atoms with Gasteiger partial charge in [0.25, 0.3) is 0 Å². The van der Waals surface area contributed by atoms with E-state index >= 15 is 0 Å². The molecule has 15 rings (SSSR count).